The zero-order chi connectivity index (χ0) is 18.1. The van der Waals surface area contributed by atoms with Gasteiger partial charge in [-0.3, -0.25) is 14.5 Å². The van der Waals surface area contributed by atoms with Gasteiger partial charge in [-0.25, -0.2) is 4.39 Å². The van der Waals surface area contributed by atoms with E-state index in [0.29, 0.717) is 19.6 Å². The third kappa shape index (κ3) is 6.40. The number of amides is 2. The van der Waals surface area contributed by atoms with Gasteiger partial charge in [0.2, 0.25) is 11.8 Å². The molecule has 2 rings (SSSR count). The summed E-state index contributed by atoms with van der Waals surface area (Å²) in [5.74, 6) is 1.88. The summed E-state index contributed by atoms with van der Waals surface area (Å²) in [5, 5.41) is 2.64. The first-order valence-corrected chi connectivity index (χ1v) is 8.23. The molecule has 6 heteroatoms. The van der Waals surface area contributed by atoms with Crippen LogP contribution in [0.3, 0.4) is 0 Å². The number of halogens is 1. The van der Waals surface area contributed by atoms with Crippen molar-refractivity contribution in [2.75, 3.05) is 39.3 Å². The van der Waals surface area contributed by atoms with Crippen molar-refractivity contribution in [3.8, 4) is 12.3 Å². The van der Waals surface area contributed by atoms with Gasteiger partial charge in [-0.05, 0) is 30.2 Å². The predicted molar refractivity (Wildman–Crippen MR) is 94.9 cm³/mol. The lowest BCUT2D eigenvalue weighted by atomic mass is 10.2. The van der Waals surface area contributed by atoms with E-state index >= 15 is 0 Å². The molecule has 0 unspecified atom stereocenters. The van der Waals surface area contributed by atoms with E-state index in [2.05, 4.69) is 11.2 Å². The number of nitrogens with zero attached hydrogens (tertiary/aromatic N) is 2. The van der Waals surface area contributed by atoms with E-state index in [1.165, 1.54) is 18.2 Å². The van der Waals surface area contributed by atoms with E-state index in [1.807, 2.05) is 4.90 Å². The Morgan fingerprint density at radius 3 is 2.68 bits per heavy atom. The number of rotatable bonds is 5. The highest BCUT2D eigenvalue weighted by Gasteiger charge is 2.19. The Morgan fingerprint density at radius 2 is 1.96 bits per heavy atom. The Hall–Kier alpha value is -2.65. The summed E-state index contributed by atoms with van der Waals surface area (Å²) in [6.45, 7) is 3.12. The van der Waals surface area contributed by atoms with Crippen molar-refractivity contribution < 1.29 is 14.0 Å². The van der Waals surface area contributed by atoms with Crippen LogP contribution < -0.4 is 5.32 Å². The Morgan fingerprint density at radius 1 is 1.20 bits per heavy atom. The lowest BCUT2D eigenvalue weighted by Gasteiger charge is -2.20. The average Bonchev–Trinajstić information content (AvgIpc) is 2.85. The molecule has 0 aromatic heterocycles. The minimum Gasteiger partial charge on any atom is -0.344 e. The molecule has 1 N–H and O–H groups in total. The van der Waals surface area contributed by atoms with E-state index in [0.717, 1.165) is 18.5 Å². The van der Waals surface area contributed by atoms with Gasteiger partial charge in [-0.1, -0.05) is 18.1 Å². The summed E-state index contributed by atoms with van der Waals surface area (Å²) < 4.78 is 12.9. The molecule has 1 fully saturated rings. The smallest absolute Gasteiger partial charge is 0.246 e. The lowest BCUT2D eigenvalue weighted by molar-refractivity contribution is -0.125. The van der Waals surface area contributed by atoms with Crippen molar-refractivity contribution in [3.05, 3.63) is 41.7 Å². The van der Waals surface area contributed by atoms with Crippen molar-refractivity contribution >= 4 is 17.9 Å². The van der Waals surface area contributed by atoms with Crippen molar-refractivity contribution in [1.29, 1.82) is 0 Å². The van der Waals surface area contributed by atoms with Crippen LogP contribution in [0.5, 0.6) is 0 Å². The second-order valence-corrected chi connectivity index (χ2v) is 5.82. The van der Waals surface area contributed by atoms with Gasteiger partial charge in [-0.2, -0.15) is 0 Å². The summed E-state index contributed by atoms with van der Waals surface area (Å²) in [4.78, 5) is 27.8. The Kier molecular flexibility index (Phi) is 7.17. The number of carbonyl (C=O) groups excluding carboxylic acids is 2. The van der Waals surface area contributed by atoms with Gasteiger partial charge < -0.3 is 10.2 Å². The Labute approximate surface area is 147 Å². The summed E-state index contributed by atoms with van der Waals surface area (Å²) in [6, 6.07) is 5.97. The van der Waals surface area contributed by atoms with Crippen LogP contribution >= 0.6 is 0 Å². The highest BCUT2D eigenvalue weighted by molar-refractivity contribution is 5.91. The maximum atomic E-state index is 12.9. The highest BCUT2D eigenvalue weighted by Crippen LogP contribution is 2.07. The molecule has 0 radical (unpaired) electrons. The number of hydrogen-bond acceptors (Lipinski definition) is 3. The summed E-state index contributed by atoms with van der Waals surface area (Å²) in [5.41, 5.74) is 0.774. The SMILES string of the molecule is C#CCNC(=O)CN1CCCN(C(=O)/C=C\c2ccc(F)cc2)CC1. The van der Waals surface area contributed by atoms with Crippen molar-refractivity contribution in [1.82, 2.24) is 15.1 Å². The molecule has 1 aromatic rings. The number of terminal acetylenes is 1. The zero-order valence-electron chi connectivity index (χ0n) is 14.1. The minimum atomic E-state index is -0.303. The van der Waals surface area contributed by atoms with Crippen LogP contribution in [0.4, 0.5) is 4.39 Å². The van der Waals surface area contributed by atoms with E-state index in [9.17, 15) is 14.0 Å². The molecule has 2 amide bonds. The molecule has 0 saturated carbocycles. The second-order valence-electron chi connectivity index (χ2n) is 5.82. The first-order valence-electron chi connectivity index (χ1n) is 8.23. The van der Waals surface area contributed by atoms with Gasteiger partial charge in [0.25, 0.3) is 0 Å². The molecule has 0 atom stereocenters. The zero-order valence-corrected chi connectivity index (χ0v) is 14.1. The minimum absolute atomic E-state index is 0.0806. The standard InChI is InChI=1S/C19H22FN3O2/c1-2-10-21-18(24)15-22-11-3-12-23(14-13-22)19(25)9-6-16-4-7-17(20)8-5-16/h1,4-9H,3,10-15H2,(H,21,24)/b9-6-. The van der Waals surface area contributed by atoms with Crippen molar-refractivity contribution in [2.45, 2.75) is 6.42 Å². The van der Waals surface area contributed by atoms with E-state index in [4.69, 9.17) is 6.42 Å². The number of benzene rings is 1. The van der Waals surface area contributed by atoms with Crippen LogP contribution in [-0.2, 0) is 9.59 Å². The van der Waals surface area contributed by atoms with Crippen LogP contribution in [0, 0.1) is 18.2 Å². The molecule has 1 aliphatic heterocycles. The molecule has 0 bridgehead atoms. The van der Waals surface area contributed by atoms with Crippen LogP contribution in [0.15, 0.2) is 30.3 Å². The van der Waals surface area contributed by atoms with Crippen molar-refractivity contribution in [3.63, 3.8) is 0 Å². The summed E-state index contributed by atoms with van der Waals surface area (Å²) in [6.07, 6.45) is 9.10. The van der Waals surface area contributed by atoms with Gasteiger partial charge in [0.15, 0.2) is 0 Å². The Balaban J connectivity index is 1.83. The topological polar surface area (TPSA) is 52.7 Å². The fourth-order valence-electron chi connectivity index (χ4n) is 2.60. The van der Waals surface area contributed by atoms with Crippen LogP contribution in [0.25, 0.3) is 6.08 Å². The predicted octanol–water partition coefficient (Wildman–Crippen LogP) is 1.12. The third-order valence-corrected chi connectivity index (χ3v) is 3.94. The van der Waals surface area contributed by atoms with E-state index in [1.54, 1.807) is 23.1 Å². The lowest BCUT2D eigenvalue weighted by Crippen LogP contribution is -2.39. The van der Waals surface area contributed by atoms with Crippen LogP contribution in [-0.4, -0.2) is 60.9 Å². The second kappa shape index (κ2) is 9.60. The average molecular weight is 343 g/mol. The van der Waals surface area contributed by atoms with E-state index < -0.39 is 0 Å². The molecular weight excluding hydrogens is 321 g/mol. The normalized spacial score (nSPS) is 15.6. The quantitative estimate of drug-likeness (QED) is 0.644. The first kappa shape index (κ1) is 18.7. The van der Waals surface area contributed by atoms with Gasteiger partial charge >= 0.3 is 0 Å². The molecule has 1 aliphatic rings. The first-order chi connectivity index (χ1) is 12.1. The fraction of sp³-hybridized carbons (Fsp3) is 0.368. The largest absolute Gasteiger partial charge is 0.344 e. The maximum Gasteiger partial charge on any atom is 0.246 e. The van der Waals surface area contributed by atoms with Gasteiger partial charge in [-0.15, -0.1) is 6.42 Å². The number of carbonyl (C=O) groups is 2. The molecule has 132 valence electrons. The molecule has 0 aliphatic carbocycles. The third-order valence-electron chi connectivity index (χ3n) is 3.94. The molecule has 0 spiro atoms. The fourth-order valence-corrected chi connectivity index (χ4v) is 2.60. The molecule has 1 heterocycles. The molecular formula is C19H22FN3O2. The molecule has 25 heavy (non-hydrogen) atoms. The molecule has 5 nitrogen and oxygen atoms in total. The monoisotopic (exact) mass is 343 g/mol. The summed E-state index contributed by atoms with van der Waals surface area (Å²) >= 11 is 0. The van der Waals surface area contributed by atoms with Gasteiger partial charge in [0.1, 0.15) is 5.82 Å². The highest BCUT2D eigenvalue weighted by atomic mass is 19.1. The molecule has 1 saturated heterocycles. The number of nitrogens with one attached hydrogen (secondary N) is 1. The van der Waals surface area contributed by atoms with E-state index in [-0.39, 0.29) is 30.7 Å². The van der Waals surface area contributed by atoms with Crippen LogP contribution in [0.2, 0.25) is 0 Å². The number of hydrogen-bond donors (Lipinski definition) is 1. The summed E-state index contributed by atoms with van der Waals surface area (Å²) in [7, 11) is 0. The van der Waals surface area contributed by atoms with Gasteiger partial charge in [0, 0.05) is 32.3 Å². The molecule has 1 aromatic carbocycles. The van der Waals surface area contributed by atoms with Crippen LogP contribution in [0.1, 0.15) is 12.0 Å². The van der Waals surface area contributed by atoms with Gasteiger partial charge in [0.05, 0.1) is 13.1 Å². The maximum absolute atomic E-state index is 12.9. The Bertz CT molecular complexity index is 664. The van der Waals surface area contributed by atoms with Crippen molar-refractivity contribution in [2.24, 2.45) is 0 Å².